The molecule has 2 N–H and O–H groups in total. The first-order chi connectivity index (χ1) is 12.3. The molecule has 0 aromatic heterocycles. The number of amides is 1. The van der Waals surface area contributed by atoms with E-state index in [1.807, 2.05) is 62.4 Å². The minimum Gasteiger partial charge on any atom is -0.352 e. The molecule has 2 aromatic carbocycles. The first-order valence-electron chi connectivity index (χ1n) is 8.41. The fourth-order valence-corrected chi connectivity index (χ4v) is 3.01. The second-order valence-electron chi connectivity index (χ2n) is 6.17. The van der Waals surface area contributed by atoms with Gasteiger partial charge in [0.25, 0.3) is 0 Å². The molecule has 2 aromatic rings. The Labute approximate surface area is 155 Å². The van der Waals surface area contributed by atoms with Gasteiger partial charge in [0.05, 0.1) is 0 Å². The minimum absolute atomic E-state index is 0.0559. The average Bonchev–Trinajstić information content (AvgIpc) is 2.61. The fourth-order valence-electron chi connectivity index (χ4n) is 2.20. The van der Waals surface area contributed by atoms with Crippen molar-refractivity contribution in [1.82, 2.24) is 10.0 Å². The van der Waals surface area contributed by atoms with Gasteiger partial charge in [0, 0.05) is 24.9 Å². The molecule has 5 nitrogen and oxygen atoms in total. The summed E-state index contributed by atoms with van der Waals surface area (Å²) in [6.07, 6.45) is 1.61. The van der Waals surface area contributed by atoms with E-state index < -0.39 is 10.0 Å². The van der Waals surface area contributed by atoms with E-state index in [-0.39, 0.29) is 18.9 Å². The Kier molecular flexibility index (Phi) is 7.12. The standard InChI is InChI=1S/C20H24N2O3S/c1-16-3-7-18(8-4-16)12-14-26(24,25)22-13-11-20(23)21-15-19-9-5-17(2)6-10-19/h3-10,12,14,22H,11,13,15H2,1-2H3,(H,21,23). The first kappa shape index (κ1) is 19.9. The summed E-state index contributed by atoms with van der Waals surface area (Å²) in [6.45, 7) is 4.46. The maximum Gasteiger partial charge on any atom is 0.233 e. The summed E-state index contributed by atoms with van der Waals surface area (Å²) in [5.41, 5.74) is 4.08. The molecule has 0 spiro atoms. The molecule has 0 radical (unpaired) electrons. The summed E-state index contributed by atoms with van der Waals surface area (Å²) in [7, 11) is -3.57. The van der Waals surface area contributed by atoms with Gasteiger partial charge < -0.3 is 5.32 Å². The highest BCUT2D eigenvalue weighted by molar-refractivity contribution is 7.92. The van der Waals surface area contributed by atoms with Crippen molar-refractivity contribution in [2.24, 2.45) is 0 Å². The van der Waals surface area contributed by atoms with E-state index in [0.29, 0.717) is 6.54 Å². The van der Waals surface area contributed by atoms with Crippen LogP contribution in [0.3, 0.4) is 0 Å². The summed E-state index contributed by atoms with van der Waals surface area (Å²) < 4.78 is 26.3. The van der Waals surface area contributed by atoms with Gasteiger partial charge in [0.1, 0.15) is 0 Å². The summed E-state index contributed by atoms with van der Waals surface area (Å²) in [4.78, 5) is 11.8. The summed E-state index contributed by atoms with van der Waals surface area (Å²) in [6, 6.07) is 15.4. The van der Waals surface area contributed by atoms with E-state index in [9.17, 15) is 13.2 Å². The number of benzene rings is 2. The molecule has 0 saturated carbocycles. The molecule has 0 unspecified atom stereocenters. The number of carbonyl (C=O) groups is 1. The van der Waals surface area contributed by atoms with E-state index in [4.69, 9.17) is 0 Å². The first-order valence-corrected chi connectivity index (χ1v) is 9.95. The number of nitrogens with one attached hydrogen (secondary N) is 2. The molecule has 2 rings (SSSR count). The Morgan fingerprint density at radius 1 is 0.962 bits per heavy atom. The molecule has 0 aliphatic carbocycles. The Balaban J connectivity index is 1.74. The molecule has 0 atom stereocenters. The number of carbonyl (C=O) groups excluding carboxylic acids is 1. The Hall–Kier alpha value is -2.44. The van der Waals surface area contributed by atoms with Crippen LogP contribution in [-0.4, -0.2) is 20.9 Å². The molecule has 6 heteroatoms. The normalized spacial score (nSPS) is 11.6. The smallest absolute Gasteiger partial charge is 0.233 e. The zero-order chi connectivity index (χ0) is 19.0. The summed E-state index contributed by atoms with van der Waals surface area (Å²) in [5, 5.41) is 3.89. The van der Waals surface area contributed by atoms with Crippen molar-refractivity contribution < 1.29 is 13.2 Å². The number of sulfonamides is 1. The van der Waals surface area contributed by atoms with Crippen molar-refractivity contribution in [2.75, 3.05) is 6.54 Å². The summed E-state index contributed by atoms with van der Waals surface area (Å²) in [5.74, 6) is -0.198. The maximum absolute atomic E-state index is 11.9. The molecule has 138 valence electrons. The molecule has 0 fully saturated rings. The highest BCUT2D eigenvalue weighted by atomic mass is 32.2. The van der Waals surface area contributed by atoms with Gasteiger partial charge in [0.15, 0.2) is 0 Å². The van der Waals surface area contributed by atoms with Gasteiger partial charge >= 0.3 is 0 Å². The third kappa shape index (κ3) is 7.21. The molecule has 0 aliphatic heterocycles. The van der Waals surface area contributed by atoms with Gasteiger partial charge in [-0.1, -0.05) is 59.7 Å². The van der Waals surface area contributed by atoms with Gasteiger partial charge in [0.2, 0.25) is 15.9 Å². The van der Waals surface area contributed by atoms with E-state index in [2.05, 4.69) is 10.0 Å². The average molecular weight is 372 g/mol. The molecule has 0 heterocycles. The molecular weight excluding hydrogens is 348 g/mol. The van der Waals surface area contributed by atoms with Crippen LogP contribution in [0.4, 0.5) is 0 Å². The van der Waals surface area contributed by atoms with Crippen molar-refractivity contribution >= 4 is 22.0 Å². The van der Waals surface area contributed by atoms with Crippen LogP contribution >= 0.6 is 0 Å². The van der Waals surface area contributed by atoms with E-state index in [1.54, 1.807) is 0 Å². The van der Waals surface area contributed by atoms with Crippen LogP contribution in [0.2, 0.25) is 0 Å². The molecule has 0 aliphatic rings. The van der Waals surface area contributed by atoms with E-state index in [1.165, 1.54) is 6.08 Å². The van der Waals surface area contributed by atoms with Crippen LogP contribution in [0, 0.1) is 13.8 Å². The van der Waals surface area contributed by atoms with Crippen LogP contribution in [-0.2, 0) is 21.4 Å². The number of hydrogen-bond acceptors (Lipinski definition) is 3. The lowest BCUT2D eigenvalue weighted by atomic mass is 10.1. The molecule has 1 amide bonds. The summed E-state index contributed by atoms with van der Waals surface area (Å²) >= 11 is 0. The van der Waals surface area contributed by atoms with Crippen molar-refractivity contribution in [3.8, 4) is 0 Å². The third-order valence-electron chi connectivity index (χ3n) is 3.78. The largest absolute Gasteiger partial charge is 0.352 e. The topological polar surface area (TPSA) is 75.3 Å². The van der Waals surface area contributed by atoms with E-state index >= 15 is 0 Å². The Morgan fingerprint density at radius 3 is 2.15 bits per heavy atom. The molecule has 0 saturated heterocycles. The second kappa shape index (κ2) is 9.31. The lowest BCUT2D eigenvalue weighted by Gasteiger charge is -2.06. The second-order valence-corrected chi connectivity index (χ2v) is 7.82. The van der Waals surface area contributed by atoms with Crippen molar-refractivity contribution in [3.63, 3.8) is 0 Å². The van der Waals surface area contributed by atoms with Gasteiger partial charge in [-0.05, 0) is 31.1 Å². The monoisotopic (exact) mass is 372 g/mol. The number of rotatable bonds is 8. The molecule has 26 heavy (non-hydrogen) atoms. The third-order valence-corrected chi connectivity index (χ3v) is 4.88. The lowest BCUT2D eigenvalue weighted by molar-refractivity contribution is -0.121. The van der Waals surface area contributed by atoms with Crippen LogP contribution in [0.15, 0.2) is 53.9 Å². The number of hydrogen-bond donors (Lipinski definition) is 2. The van der Waals surface area contributed by atoms with E-state index in [0.717, 1.165) is 27.7 Å². The van der Waals surface area contributed by atoms with Gasteiger partial charge in [-0.3, -0.25) is 4.79 Å². The maximum atomic E-state index is 11.9. The van der Waals surface area contributed by atoms with Gasteiger partial charge in [-0.2, -0.15) is 0 Å². The van der Waals surface area contributed by atoms with Crippen molar-refractivity contribution in [3.05, 3.63) is 76.2 Å². The molecule has 0 bridgehead atoms. The predicted octanol–water partition coefficient (Wildman–Crippen LogP) is 2.90. The molecular formula is C20H24N2O3S. The van der Waals surface area contributed by atoms with Gasteiger partial charge in [-0.15, -0.1) is 0 Å². The SMILES string of the molecule is Cc1ccc(C=CS(=O)(=O)NCCC(=O)NCc2ccc(C)cc2)cc1. The van der Waals surface area contributed by atoms with Crippen molar-refractivity contribution in [2.45, 2.75) is 26.8 Å². The Bertz CT molecular complexity index is 855. The Morgan fingerprint density at radius 2 is 1.54 bits per heavy atom. The predicted molar refractivity (Wildman–Crippen MR) is 105 cm³/mol. The van der Waals surface area contributed by atoms with Crippen LogP contribution in [0.5, 0.6) is 0 Å². The quantitative estimate of drug-likeness (QED) is 0.748. The lowest BCUT2D eigenvalue weighted by Crippen LogP contribution is -2.29. The number of aryl methyl sites for hydroxylation is 2. The van der Waals surface area contributed by atoms with Gasteiger partial charge in [-0.25, -0.2) is 13.1 Å². The van der Waals surface area contributed by atoms with Crippen LogP contribution in [0.1, 0.15) is 28.7 Å². The highest BCUT2D eigenvalue weighted by Gasteiger charge is 2.07. The van der Waals surface area contributed by atoms with Crippen LogP contribution in [0.25, 0.3) is 6.08 Å². The minimum atomic E-state index is -3.57. The van der Waals surface area contributed by atoms with Crippen molar-refractivity contribution in [1.29, 1.82) is 0 Å². The van der Waals surface area contributed by atoms with Crippen LogP contribution < -0.4 is 10.0 Å². The highest BCUT2D eigenvalue weighted by Crippen LogP contribution is 2.06. The zero-order valence-electron chi connectivity index (χ0n) is 15.0. The zero-order valence-corrected chi connectivity index (χ0v) is 15.8. The fraction of sp³-hybridized carbons (Fsp3) is 0.250.